The van der Waals surface area contributed by atoms with E-state index in [0.29, 0.717) is 22.8 Å². The number of carboxylic acid groups (broad SMARTS) is 2. The van der Waals surface area contributed by atoms with Gasteiger partial charge in [-0.25, -0.2) is 29.5 Å². The number of ether oxygens (including phenoxy) is 2. The number of benzene rings is 2. The Bertz CT molecular complexity index is 2920. The molecule has 0 saturated heterocycles. The largest absolute Gasteiger partial charge is 0.480 e. The number of rotatable bonds is 21. The van der Waals surface area contributed by atoms with Crippen LogP contribution in [0.5, 0.6) is 0 Å². The van der Waals surface area contributed by atoms with Crippen LogP contribution < -0.4 is 43.9 Å². The van der Waals surface area contributed by atoms with Crippen molar-refractivity contribution in [1.29, 1.82) is 0 Å². The van der Waals surface area contributed by atoms with Gasteiger partial charge in [-0.1, -0.05) is 0 Å². The summed E-state index contributed by atoms with van der Waals surface area (Å²) in [5, 5.41) is 29.9. The Labute approximate surface area is 391 Å². The van der Waals surface area contributed by atoms with Crippen LogP contribution in [0, 0.1) is 0 Å². The van der Waals surface area contributed by atoms with Crippen LogP contribution in [0.3, 0.4) is 0 Å². The monoisotopic (exact) mass is 964 g/mol. The molecule has 2 atom stereocenters. The van der Waals surface area contributed by atoms with Crippen LogP contribution in [0.15, 0.2) is 70.5 Å². The van der Waals surface area contributed by atoms with Crippen molar-refractivity contribution >= 4 is 93.2 Å². The Kier molecular flexibility index (Phi) is 16.1. The molecule has 6 rings (SSSR count). The maximum absolute atomic E-state index is 12.8. The number of aromatic nitrogens is 8. The molecule has 4 aromatic heterocycles. The lowest BCUT2D eigenvalue weighted by atomic mass is 10.1. The summed E-state index contributed by atoms with van der Waals surface area (Å²) in [6.07, 6.45) is -0.827. The number of fused-ring (bicyclic) bond motifs is 2. The SMILES string of the molecule is Nc1nc(=O)c2nc(CNc3ccc(C(=O)N[C@@H](CCC(=O)OC(=O)CCC(=O)OC(=O)CC[C@H](NC(=O)c4ccc(NCc5cnc6[nH]c(N)nc(=O)c6n5)cc4)C(=O)O)C(=O)O)cc3)cnc2[nH]1. The van der Waals surface area contributed by atoms with Gasteiger partial charge in [0, 0.05) is 35.3 Å². The van der Waals surface area contributed by atoms with Crippen LogP contribution in [-0.4, -0.2) is 110 Å². The number of aliphatic carboxylic acids is 2. The van der Waals surface area contributed by atoms with E-state index < -0.39 is 109 Å². The molecular weight excluding hydrogens is 925 g/mol. The van der Waals surface area contributed by atoms with Gasteiger partial charge < -0.3 is 62.4 Å². The molecule has 0 fully saturated rings. The fourth-order valence-electron chi connectivity index (χ4n) is 6.17. The van der Waals surface area contributed by atoms with Gasteiger partial charge in [-0.15, -0.1) is 0 Å². The van der Waals surface area contributed by atoms with Crippen LogP contribution in [0.4, 0.5) is 23.3 Å². The number of H-pyrrole nitrogens is 2. The highest BCUT2D eigenvalue weighted by atomic mass is 16.6. The van der Waals surface area contributed by atoms with E-state index in [2.05, 4.69) is 70.6 Å². The van der Waals surface area contributed by atoms with Gasteiger partial charge in [-0.05, 0) is 61.4 Å². The third-order valence-electron chi connectivity index (χ3n) is 9.70. The predicted octanol–water partition coefficient (Wildman–Crippen LogP) is -0.325. The summed E-state index contributed by atoms with van der Waals surface area (Å²) in [5.74, 6) is -9.51. The van der Waals surface area contributed by atoms with Crippen molar-refractivity contribution in [3.05, 3.63) is 104 Å². The second-order valence-electron chi connectivity index (χ2n) is 14.8. The Morgan fingerprint density at radius 3 is 1.26 bits per heavy atom. The Hall–Kier alpha value is -9.76. The van der Waals surface area contributed by atoms with E-state index >= 15 is 0 Å². The smallest absolute Gasteiger partial charge is 0.326 e. The van der Waals surface area contributed by atoms with Crippen LogP contribution in [0.2, 0.25) is 0 Å². The molecule has 0 saturated carbocycles. The Balaban J connectivity index is 0.863. The van der Waals surface area contributed by atoms with Crippen molar-refractivity contribution < 1.29 is 58.0 Å². The molecule has 2 amide bonds. The van der Waals surface area contributed by atoms with E-state index in [9.17, 15) is 58.2 Å². The van der Waals surface area contributed by atoms with E-state index in [1.54, 1.807) is 0 Å². The first-order valence-electron chi connectivity index (χ1n) is 20.7. The molecule has 12 N–H and O–H groups in total. The van der Waals surface area contributed by atoms with Crippen LogP contribution in [-0.2, 0) is 51.3 Å². The summed E-state index contributed by atoms with van der Waals surface area (Å²) in [7, 11) is 0. The van der Waals surface area contributed by atoms with Gasteiger partial charge >= 0.3 is 46.9 Å². The van der Waals surface area contributed by atoms with Crippen molar-refractivity contribution in [2.24, 2.45) is 0 Å². The van der Waals surface area contributed by atoms with Gasteiger partial charge in [0.15, 0.2) is 22.3 Å². The molecule has 6 aromatic rings. The number of nitrogens with two attached hydrogens (primary N) is 2. The molecule has 0 bridgehead atoms. The van der Waals surface area contributed by atoms with E-state index in [1.165, 1.54) is 60.9 Å². The molecule has 28 nitrogen and oxygen atoms in total. The second kappa shape index (κ2) is 22.6. The molecule has 28 heteroatoms. The summed E-state index contributed by atoms with van der Waals surface area (Å²) in [6.45, 7) is 0.274. The van der Waals surface area contributed by atoms with Gasteiger partial charge in [0.2, 0.25) is 11.9 Å². The quantitative estimate of drug-likeness (QED) is 0.0326. The third-order valence-corrected chi connectivity index (χ3v) is 9.70. The van der Waals surface area contributed by atoms with E-state index in [-0.39, 0.29) is 58.4 Å². The zero-order chi connectivity index (χ0) is 50.5. The van der Waals surface area contributed by atoms with Crippen LogP contribution in [0.1, 0.15) is 70.6 Å². The van der Waals surface area contributed by atoms with Crippen molar-refractivity contribution in [1.82, 2.24) is 50.5 Å². The number of esters is 4. The zero-order valence-corrected chi connectivity index (χ0v) is 36.2. The van der Waals surface area contributed by atoms with Crippen molar-refractivity contribution in [2.75, 3.05) is 22.1 Å². The topological polar surface area (TPSA) is 439 Å². The number of hydrogen-bond acceptors (Lipinski definition) is 22. The minimum atomic E-state index is -1.57. The van der Waals surface area contributed by atoms with Crippen LogP contribution in [0.25, 0.3) is 22.3 Å². The van der Waals surface area contributed by atoms with Crippen LogP contribution >= 0.6 is 0 Å². The van der Waals surface area contributed by atoms with Gasteiger partial charge in [0.1, 0.15) is 12.1 Å². The number of carbonyl (C=O) groups is 8. The molecule has 0 spiro atoms. The molecule has 0 radical (unpaired) electrons. The molecule has 362 valence electrons. The molecule has 4 heterocycles. The Morgan fingerprint density at radius 1 is 0.543 bits per heavy atom. The summed E-state index contributed by atoms with van der Waals surface area (Å²) in [4.78, 5) is 152. The normalized spacial score (nSPS) is 11.7. The number of aromatic amines is 2. The molecule has 2 aromatic carbocycles. The third kappa shape index (κ3) is 13.9. The molecule has 0 aliphatic carbocycles. The van der Waals surface area contributed by atoms with Crippen molar-refractivity contribution in [3.8, 4) is 0 Å². The highest BCUT2D eigenvalue weighted by Gasteiger charge is 2.25. The standard InChI is InChI=1S/C42H40N14O14/c43-41-53-33-31(37(63)55-41)49-23(17-47-33)15-45-21-5-1-19(2-6-21)35(61)51-25(39(65)66)9-11-27(57)69-29(59)13-14-30(60)70-28(58)12-10-26(40(67)68)52-36(62)20-3-7-22(8-4-20)46-16-24-18-48-34-32(50-24)38(64)56-42(44)54-34/h1-8,17-18,25-26,45-46H,9-16H2,(H,51,61)(H,52,62)(H,65,66)(H,67,68)(H3,43,47,53,55,63)(H3,44,48,54,56,64)/t25-,26-/m0/s1. The first-order valence-corrected chi connectivity index (χ1v) is 20.7. The number of anilines is 4. The van der Waals surface area contributed by atoms with Gasteiger partial charge in [0.05, 0.1) is 49.7 Å². The fourth-order valence-corrected chi connectivity index (χ4v) is 6.17. The summed E-state index contributed by atoms with van der Waals surface area (Å²) < 4.78 is 9.23. The molecule has 0 aliphatic rings. The molecule has 70 heavy (non-hydrogen) atoms. The van der Waals surface area contributed by atoms with E-state index in [4.69, 9.17) is 11.5 Å². The first kappa shape index (κ1) is 49.7. The lowest BCUT2D eigenvalue weighted by molar-refractivity contribution is -0.165. The Morgan fingerprint density at radius 2 is 0.900 bits per heavy atom. The average Bonchev–Trinajstić information content (AvgIpc) is 3.32. The van der Waals surface area contributed by atoms with Gasteiger partial charge in [0.25, 0.3) is 11.8 Å². The summed E-state index contributed by atoms with van der Waals surface area (Å²) in [6, 6.07) is 8.56. The maximum Gasteiger partial charge on any atom is 0.326 e. The minimum Gasteiger partial charge on any atom is -0.480 e. The highest BCUT2D eigenvalue weighted by Crippen LogP contribution is 2.15. The number of amides is 2. The van der Waals surface area contributed by atoms with Crippen molar-refractivity contribution in [3.63, 3.8) is 0 Å². The zero-order valence-electron chi connectivity index (χ0n) is 36.2. The van der Waals surface area contributed by atoms with Crippen molar-refractivity contribution in [2.45, 2.75) is 63.7 Å². The molecule has 0 aliphatic heterocycles. The second-order valence-corrected chi connectivity index (χ2v) is 14.8. The van der Waals surface area contributed by atoms with E-state index in [1.807, 2.05) is 0 Å². The minimum absolute atomic E-state index is 0.00659. The average molecular weight is 965 g/mol. The number of nitrogen functional groups attached to an aromatic ring is 2. The number of carbonyl (C=O) groups excluding carboxylic acids is 6. The number of carboxylic acids is 2. The first-order chi connectivity index (χ1) is 33.4. The molecule has 0 unspecified atom stereocenters. The fraction of sp³-hybridized carbons (Fsp3) is 0.238. The number of nitrogens with zero attached hydrogens (tertiary/aromatic N) is 6. The highest BCUT2D eigenvalue weighted by molar-refractivity contribution is 5.98. The summed E-state index contributed by atoms with van der Waals surface area (Å²) in [5.41, 5.74) is 12.1. The maximum atomic E-state index is 12.8. The summed E-state index contributed by atoms with van der Waals surface area (Å²) >= 11 is 0. The van der Waals surface area contributed by atoms with Gasteiger partial charge in [-0.3, -0.25) is 38.4 Å². The lowest BCUT2D eigenvalue weighted by Gasteiger charge is -2.14. The van der Waals surface area contributed by atoms with Gasteiger partial charge in [-0.2, -0.15) is 9.97 Å². The number of hydrogen-bond donors (Lipinski definition) is 10. The van der Waals surface area contributed by atoms with E-state index in [0.717, 1.165) is 0 Å². The number of nitrogens with one attached hydrogen (secondary N) is 6. The lowest BCUT2D eigenvalue weighted by Crippen LogP contribution is -2.41. The molecular formula is C42H40N14O14. The predicted molar refractivity (Wildman–Crippen MR) is 240 cm³/mol.